The monoisotopic (exact) mass is 566 g/mol. The van der Waals surface area contributed by atoms with Gasteiger partial charge in [0.05, 0.1) is 24.1 Å². The fourth-order valence-corrected chi connectivity index (χ4v) is 4.58. The van der Waals surface area contributed by atoms with Crippen LogP contribution in [0.5, 0.6) is 5.75 Å². The number of para-hydroxylation sites is 1. The highest BCUT2D eigenvalue weighted by Crippen LogP contribution is 2.32. The molecule has 1 aromatic heterocycles. The molecule has 1 aliphatic heterocycles. The predicted octanol–water partition coefficient (Wildman–Crippen LogP) is 6.37. The Balaban J connectivity index is 1.73. The van der Waals surface area contributed by atoms with Gasteiger partial charge in [0, 0.05) is 36.0 Å². The van der Waals surface area contributed by atoms with Gasteiger partial charge in [-0.05, 0) is 87.6 Å². The summed E-state index contributed by atoms with van der Waals surface area (Å²) in [5.41, 5.74) is 3.66. The minimum Gasteiger partial charge on any atom is -0.494 e. The van der Waals surface area contributed by atoms with Gasteiger partial charge in [0.15, 0.2) is 0 Å². The number of carbonyl (C=O) groups excluding carboxylic acids is 2. The summed E-state index contributed by atoms with van der Waals surface area (Å²) in [6.45, 7) is 11.0. The number of nitriles is 1. The van der Waals surface area contributed by atoms with Crippen LogP contribution in [-0.4, -0.2) is 52.4 Å². The highest BCUT2D eigenvalue weighted by molar-refractivity contribution is 6.19. The molecule has 0 fully saturated rings. The van der Waals surface area contributed by atoms with Crippen molar-refractivity contribution in [3.8, 4) is 28.8 Å². The van der Waals surface area contributed by atoms with Crippen LogP contribution in [-0.2, 0) is 14.3 Å². The van der Waals surface area contributed by atoms with Gasteiger partial charge in [-0.25, -0.2) is 4.68 Å². The first-order valence-corrected chi connectivity index (χ1v) is 14.4. The molecule has 218 valence electrons. The van der Waals surface area contributed by atoms with Crippen LogP contribution in [0.3, 0.4) is 0 Å². The van der Waals surface area contributed by atoms with Gasteiger partial charge < -0.3 is 9.47 Å². The number of amides is 2. The number of benzene rings is 2. The van der Waals surface area contributed by atoms with Crippen molar-refractivity contribution >= 4 is 17.9 Å². The number of hydrogen-bond donors (Lipinski definition) is 0. The van der Waals surface area contributed by atoms with Crippen molar-refractivity contribution in [2.24, 2.45) is 5.92 Å². The summed E-state index contributed by atoms with van der Waals surface area (Å²) >= 11 is 0. The molecule has 0 spiro atoms. The largest absolute Gasteiger partial charge is 0.494 e. The molecule has 0 bridgehead atoms. The van der Waals surface area contributed by atoms with Crippen molar-refractivity contribution in [2.75, 3.05) is 19.8 Å². The van der Waals surface area contributed by atoms with Crippen LogP contribution in [0.2, 0.25) is 0 Å². The molecule has 0 radical (unpaired) electrons. The standard InChI is InChI=1S/C34H38N4O4/c1-23(2)16-19-42-29-14-12-26(13-15-29)32-27(22-38(36-32)28-10-7-6-8-11-28)20-30-25(5)31(21-35)34(40)37(33(30)39)17-9-18-41-24(3)4/h6-8,10-15,20,22-24H,9,16-19H2,1-5H3/b30-20+. The molecule has 0 saturated carbocycles. The lowest BCUT2D eigenvalue weighted by atomic mass is 9.93. The van der Waals surface area contributed by atoms with E-state index in [4.69, 9.17) is 14.6 Å². The van der Waals surface area contributed by atoms with E-state index in [9.17, 15) is 14.9 Å². The second-order valence-electron chi connectivity index (χ2n) is 11.0. The van der Waals surface area contributed by atoms with Crippen molar-refractivity contribution < 1.29 is 19.1 Å². The summed E-state index contributed by atoms with van der Waals surface area (Å²) in [4.78, 5) is 27.9. The van der Waals surface area contributed by atoms with E-state index in [1.807, 2.05) is 80.7 Å². The maximum atomic E-state index is 13.7. The van der Waals surface area contributed by atoms with Crippen molar-refractivity contribution in [1.82, 2.24) is 14.7 Å². The molecular formula is C34H38N4O4. The molecule has 8 heteroatoms. The van der Waals surface area contributed by atoms with Gasteiger partial charge in [0.25, 0.3) is 11.8 Å². The molecule has 0 unspecified atom stereocenters. The van der Waals surface area contributed by atoms with Gasteiger partial charge in [-0.1, -0.05) is 32.0 Å². The zero-order valence-corrected chi connectivity index (χ0v) is 25.0. The lowest BCUT2D eigenvalue weighted by Crippen LogP contribution is -2.43. The Bertz CT molecular complexity index is 1510. The van der Waals surface area contributed by atoms with Crippen molar-refractivity contribution in [2.45, 2.75) is 53.6 Å². The third-order valence-corrected chi connectivity index (χ3v) is 6.96. The van der Waals surface area contributed by atoms with Crippen molar-refractivity contribution in [1.29, 1.82) is 5.26 Å². The van der Waals surface area contributed by atoms with E-state index in [1.165, 1.54) is 0 Å². The summed E-state index contributed by atoms with van der Waals surface area (Å²) < 4.78 is 13.2. The van der Waals surface area contributed by atoms with Crippen LogP contribution in [0.25, 0.3) is 23.0 Å². The van der Waals surface area contributed by atoms with Crippen LogP contribution < -0.4 is 4.74 Å². The van der Waals surface area contributed by atoms with Gasteiger partial charge in [0.1, 0.15) is 17.4 Å². The zero-order valence-electron chi connectivity index (χ0n) is 25.0. The van der Waals surface area contributed by atoms with E-state index < -0.39 is 11.8 Å². The number of rotatable bonds is 12. The van der Waals surface area contributed by atoms with Crippen LogP contribution in [0.15, 0.2) is 77.5 Å². The van der Waals surface area contributed by atoms with Gasteiger partial charge in [-0.3, -0.25) is 14.5 Å². The SMILES string of the molecule is CC1=C(C#N)C(=O)N(CCCOC(C)C)C(=O)/C1=C/c1cn(-c2ccccc2)nc1-c1ccc(OCCC(C)C)cc1. The predicted molar refractivity (Wildman–Crippen MR) is 163 cm³/mol. The summed E-state index contributed by atoms with van der Waals surface area (Å²) in [6, 6.07) is 19.4. The Morgan fingerprint density at radius 3 is 2.33 bits per heavy atom. The third-order valence-electron chi connectivity index (χ3n) is 6.96. The van der Waals surface area contributed by atoms with Crippen molar-refractivity contribution in [3.63, 3.8) is 0 Å². The zero-order chi connectivity index (χ0) is 30.2. The van der Waals surface area contributed by atoms with Crippen LogP contribution in [0, 0.1) is 17.2 Å². The number of hydrogen-bond acceptors (Lipinski definition) is 6. The van der Waals surface area contributed by atoms with Gasteiger partial charge >= 0.3 is 0 Å². The summed E-state index contributed by atoms with van der Waals surface area (Å²) in [5, 5.41) is 14.7. The highest BCUT2D eigenvalue weighted by atomic mass is 16.5. The van der Waals surface area contributed by atoms with E-state index in [0.717, 1.165) is 28.3 Å². The van der Waals surface area contributed by atoms with E-state index in [1.54, 1.807) is 17.7 Å². The topological polar surface area (TPSA) is 97.5 Å². The molecule has 8 nitrogen and oxygen atoms in total. The molecule has 0 saturated heterocycles. The first-order chi connectivity index (χ1) is 20.2. The fraction of sp³-hybridized carbons (Fsp3) is 0.353. The first kappa shape index (κ1) is 30.5. The molecular weight excluding hydrogens is 528 g/mol. The molecule has 0 atom stereocenters. The normalized spacial score (nSPS) is 14.8. The van der Waals surface area contributed by atoms with E-state index in [2.05, 4.69) is 13.8 Å². The molecule has 1 aliphatic rings. The van der Waals surface area contributed by atoms with Crippen LogP contribution in [0.1, 0.15) is 53.0 Å². The quantitative estimate of drug-likeness (QED) is 0.144. The number of ether oxygens (including phenoxy) is 2. The Hall–Kier alpha value is -4.48. The molecule has 0 aliphatic carbocycles. The molecule has 0 N–H and O–H groups in total. The molecule has 42 heavy (non-hydrogen) atoms. The minimum atomic E-state index is -0.574. The summed E-state index contributed by atoms with van der Waals surface area (Å²) in [6.07, 6.45) is 5.08. The average Bonchev–Trinajstić information content (AvgIpc) is 3.39. The molecule has 2 amide bonds. The van der Waals surface area contributed by atoms with Crippen LogP contribution in [0.4, 0.5) is 0 Å². The van der Waals surface area contributed by atoms with Crippen molar-refractivity contribution in [3.05, 3.63) is 83.1 Å². The van der Waals surface area contributed by atoms with Gasteiger partial charge in [-0.15, -0.1) is 0 Å². The number of carbonyl (C=O) groups is 2. The Labute approximate surface area is 247 Å². The molecule has 3 aromatic rings. The smallest absolute Gasteiger partial charge is 0.271 e. The number of imide groups is 1. The van der Waals surface area contributed by atoms with E-state index in [0.29, 0.717) is 48.0 Å². The first-order valence-electron chi connectivity index (χ1n) is 14.4. The summed E-state index contributed by atoms with van der Waals surface area (Å²) in [5.74, 6) is 0.323. The lowest BCUT2D eigenvalue weighted by molar-refractivity contribution is -0.140. The molecule has 4 rings (SSSR count). The minimum absolute atomic E-state index is 0.0365. The molecule has 2 aromatic carbocycles. The average molecular weight is 567 g/mol. The maximum absolute atomic E-state index is 13.7. The maximum Gasteiger partial charge on any atom is 0.271 e. The fourth-order valence-electron chi connectivity index (χ4n) is 4.58. The van der Waals surface area contributed by atoms with E-state index >= 15 is 0 Å². The Morgan fingerprint density at radius 1 is 0.976 bits per heavy atom. The molecule has 2 heterocycles. The lowest BCUT2D eigenvalue weighted by Gasteiger charge is -2.27. The number of nitrogens with zero attached hydrogens (tertiary/aromatic N) is 4. The summed E-state index contributed by atoms with van der Waals surface area (Å²) in [7, 11) is 0. The van der Waals surface area contributed by atoms with Crippen LogP contribution >= 0.6 is 0 Å². The van der Waals surface area contributed by atoms with E-state index in [-0.39, 0.29) is 18.2 Å². The Morgan fingerprint density at radius 2 is 1.69 bits per heavy atom. The second-order valence-corrected chi connectivity index (χ2v) is 11.0. The van der Waals surface area contributed by atoms with Gasteiger partial charge in [-0.2, -0.15) is 10.4 Å². The number of aromatic nitrogens is 2. The second kappa shape index (κ2) is 13.9. The Kier molecular flexibility index (Phi) is 10.1. The third kappa shape index (κ3) is 7.23. The van der Waals surface area contributed by atoms with Gasteiger partial charge in [0.2, 0.25) is 0 Å². The highest BCUT2D eigenvalue weighted by Gasteiger charge is 2.35.